The van der Waals surface area contributed by atoms with Crippen LogP contribution in [0.5, 0.6) is 34.5 Å². The van der Waals surface area contributed by atoms with E-state index in [9.17, 15) is 85.6 Å². The Bertz CT molecular complexity index is 6020. The van der Waals surface area contributed by atoms with E-state index < -0.39 is 116 Å². The average Bonchev–Trinajstić information content (AvgIpc) is 1.30. The van der Waals surface area contributed by atoms with Gasteiger partial charge < -0.3 is 94.4 Å². The molecule has 0 unspecified atom stereocenters. The maximum absolute atomic E-state index is 13.1. The van der Waals surface area contributed by atoms with E-state index in [1.54, 1.807) is 4.90 Å². The van der Waals surface area contributed by atoms with E-state index in [1.165, 1.54) is 116 Å². The number of H-pyrrole nitrogens is 2. The van der Waals surface area contributed by atoms with Gasteiger partial charge in [-0.15, -0.1) is 0 Å². The molecule has 2 aliphatic heterocycles. The first-order chi connectivity index (χ1) is 66.1. The number of morpholine rings is 2. The number of carboxylic acids is 2. The fourth-order valence-electron chi connectivity index (χ4n) is 12.9. The number of hydrogen-bond acceptors (Lipinski definition) is 28. The third-order valence-corrected chi connectivity index (χ3v) is 27.3. The molecule has 5 fully saturated rings. The Labute approximate surface area is 846 Å². The van der Waals surface area contributed by atoms with Crippen LogP contribution in [-0.2, 0) is 86.2 Å². The molecule has 10 N–H and O–H groups in total. The molecular formula is C91H98Cl7F6N7O28S3. The van der Waals surface area contributed by atoms with E-state index >= 15 is 0 Å². The number of esters is 3. The summed E-state index contributed by atoms with van der Waals surface area (Å²) in [5.41, 5.74) is 7.96. The van der Waals surface area contributed by atoms with Gasteiger partial charge in [0, 0.05) is 78.4 Å². The van der Waals surface area contributed by atoms with Crippen molar-refractivity contribution in [1.82, 2.24) is 14.9 Å². The van der Waals surface area contributed by atoms with E-state index in [0.29, 0.717) is 101 Å². The summed E-state index contributed by atoms with van der Waals surface area (Å²) in [4.78, 5) is 78.8. The fraction of sp³-hybridized carbons (Fsp3) is 0.374. The van der Waals surface area contributed by atoms with Crippen LogP contribution >= 0.6 is 80.3 Å². The number of amides is 1. The van der Waals surface area contributed by atoms with Crippen LogP contribution in [0.25, 0.3) is 0 Å². The lowest BCUT2D eigenvalue weighted by molar-refractivity contribution is -0.605. The number of aromatic carboxylic acids is 2. The Balaban J connectivity index is 0.000000264. The Morgan fingerprint density at radius 3 is 1.17 bits per heavy atom. The standard InChI is InChI=1S/C32H32Cl2F2N2O8S.C27H24Cl2F2N2O8S.C20H20Cl2F2N2O5.C7H5ClO4S.C4H9NO.CH4.2H2O/c33-25-17-37-18-26(34)24(25)16-28(22-5-8-27(46-32(35)36)29(15-22)44-19-20-1-2-20)45-30(39)9-14-47(41,42)23-6-3-21(4-7-23)31(40)38-10-12-43-13-11-38;28-20-11-32-12-21(29)19(20)10-23(17-5-8-22(41-27(30)31)24(9-17)39-14-15-1-2-15)40-25(34)13-33-42(37,38)18-6-3-16(4-7-18)26(35)36;21-14-8-26(28)9-15(22)13(14)6-17(30-19(27)7-25)12-3-4-16(31-20(23)24)18(5-12)29-10-11-1-2-11;8-13(11,12)6-3-1-5(2-4-6)7(9)10;1-3-6-4-2-5-1;;;/h3-8,15,17-18,20,28,32H,1-2,9-14,16,19H2;3-9,11-12,15,23,27,33H,1-2,10,13-14H2,(H,35,36);3-5,8-9,11,17,20H,1-2,6-7,10,25H2;1-4H,(H,9,10);5H,1-4H2;1H4;2*1H2/t28-;23-;17-;;;;;/m000...../s1. The number of hydrogen-bond donors (Lipinski definition) is 5. The molecule has 0 bridgehead atoms. The van der Waals surface area contributed by atoms with Gasteiger partial charge in [-0.3, -0.25) is 19.2 Å². The van der Waals surface area contributed by atoms with Crippen LogP contribution in [0.1, 0.15) is 135 Å². The van der Waals surface area contributed by atoms with Crippen molar-refractivity contribution in [2.75, 3.05) is 91.3 Å². The third kappa shape index (κ3) is 38.2. The largest absolute Gasteiger partial charge is 0.870 e. The molecule has 14 rings (SSSR count). The summed E-state index contributed by atoms with van der Waals surface area (Å²) >= 11 is 37.7. The molecular weight excluding hydrogens is 2100 g/mol. The number of carbonyl (C=O) groups is 6. The number of alkyl halides is 6. The molecule has 35 nitrogen and oxygen atoms in total. The van der Waals surface area contributed by atoms with Gasteiger partial charge in [0.05, 0.1) is 90.8 Å². The summed E-state index contributed by atoms with van der Waals surface area (Å²) in [5.74, 6) is -5.00. The highest BCUT2D eigenvalue weighted by molar-refractivity contribution is 8.13. The number of benzene rings is 6. The van der Waals surface area contributed by atoms with E-state index in [0.717, 1.165) is 114 Å². The molecule has 0 radical (unpaired) electrons. The van der Waals surface area contributed by atoms with Gasteiger partial charge in [-0.25, -0.2) is 44.8 Å². The maximum Gasteiger partial charge on any atom is 0.387 e. The number of aromatic nitrogens is 3. The van der Waals surface area contributed by atoms with E-state index in [4.69, 9.17) is 134 Å². The Kier molecular flexibility index (Phi) is 47.1. The average molecular weight is 2200 g/mol. The minimum Gasteiger partial charge on any atom is -0.870 e. The lowest BCUT2D eigenvalue weighted by atomic mass is 10.0. The number of nitrogens with zero attached hydrogens (tertiary/aromatic N) is 2. The Morgan fingerprint density at radius 2 is 0.831 bits per heavy atom. The second-order valence-electron chi connectivity index (χ2n) is 31.1. The van der Waals surface area contributed by atoms with Gasteiger partial charge in [0.15, 0.2) is 81.5 Å². The first-order valence-corrected chi connectivity index (χ1v) is 50.1. The monoisotopic (exact) mass is 2190 g/mol. The molecule has 774 valence electrons. The zero-order valence-electron chi connectivity index (χ0n) is 74.0. The second-order valence-corrected chi connectivity index (χ2v) is 40.0. The predicted molar refractivity (Wildman–Crippen MR) is 501 cm³/mol. The summed E-state index contributed by atoms with van der Waals surface area (Å²) in [5, 5.41) is 33.3. The second kappa shape index (κ2) is 56.6. The number of halogens is 13. The molecule has 0 spiro atoms. The van der Waals surface area contributed by atoms with Crippen molar-refractivity contribution in [2.24, 2.45) is 23.5 Å². The molecule has 3 aliphatic carbocycles. The van der Waals surface area contributed by atoms with Crippen molar-refractivity contribution < 1.29 is 168 Å². The number of carboxylic acid groups (broad SMARTS) is 2. The fourth-order valence-corrected chi connectivity index (χ4v) is 17.5. The topological polar surface area (TPSA) is 515 Å². The van der Waals surface area contributed by atoms with Crippen LogP contribution in [0.4, 0.5) is 26.3 Å². The molecule has 142 heavy (non-hydrogen) atoms. The number of nitrogens with two attached hydrogens (primary N) is 1. The maximum atomic E-state index is 13.1. The predicted octanol–water partition coefficient (Wildman–Crippen LogP) is 15.1. The summed E-state index contributed by atoms with van der Waals surface area (Å²) in [6.45, 7) is -3.80. The normalized spacial score (nSPS) is 14.5. The molecule has 5 heterocycles. The summed E-state index contributed by atoms with van der Waals surface area (Å²) in [7, 11) is -6.88. The van der Waals surface area contributed by atoms with Crippen molar-refractivity contribution in [3.63, 3.8) is 0 Å². The number of sulfone groups is 1. The number of rotatable bonds is 40. The number of sulfonamides is 1. The van der Waals surface area contributed by atoms with E-state index in [1.807, 2.05) is 0 Å². The molecule has 2 saturated heterocycles. The van der Waals surface area contributed by atoms with Crippen LogP contribution in [0.2, 0.25) is 30.1 Å². The van der Waals surface area contributed by atoms with Gasteiger partial charge in [-0.1, -0.05) is 95.2 Å². The number of ether oxygens (including phenoxy) is 11. The highest BCUT2D eigenvalue weighted by atomic mass is 35.7. The Morgan fingerprint density at radius 1 is 0.486 bits per heavy atom. The number of aromatic amines is 2. The first-order valence-electron chi connectivity index (χ1n) is 42.4. The first kappa shape index (κ1) is 118. The van der Waals surface area contributed by atoms with Crippen LogP contribution in [0.15, 0.2) is 179 Å². The molecule has 3 saturated carbocycles. The van der Waals surface area contributed by atoms with Crippen LogP contribution in [-0.4, -0.2) is 198 Å². The lowest BCUT2D eigenvalue weighted by Crippen LogP contribution is -2.40. The smallest absolute Gasteiger partial charge is 0.387 e. The molecule has 51 heteroatoms. The third-order valence-electron chi connectivity index (χ3n) is 20.8. The van der Waals surface area contributed by atoms with Gasteiger partial charge in [-0.05, 0) is 182 Å². The highest BCUT2D eigenvalue weighted by Gasteiger charge is 2.33. The highest BCUT2D eigenvalue weighted by Crippen LogP contribution is 2.43. The molecule has 6 aromatic carbocycles. The SMILES string of the molecule is C.C1COCCN1.NCC(=O)O[C@@H](Cc1c(Cl)c[n+]([O-])cc1Cl)c1ccc(OC(F)F)c(OCC2CC2)c1.O=C(CCS(=O)(=O)c1ccc(C(=O)N2CCOCC2)cc1)O[C@@H](Cc1c(Cl)c[nH+]cc1Cl)c1ccc(OC(F)F)c(OCC2CC2)c1.O=C(CNS(=O)(=O)c1ccc(C(=O)O)cc1)O[C@@H](Cc1c(Cl)c[nH+]cc1Cl)c1ccc(OC(F)F)c(OCC2CC2)c1.O=C(O)c1ccc(S(=O)(=O)Cl)cc1.[OH-].[OH-]. The quantitative estimate of drug-likeness (QED) is 0.00594. The van der Waals surface area contributed by atoms with E-state index in [-0.39, 0.29) is 147 Å². The van der Waals surface area contributed by atoms with Crippen LogP contribution in [0.3, 0.4) is 0 Å². The van der Waals surface area contributed by atoms with Gasteiger partial charge in [-0.2, -0.15) is 35.8 Å². The summed E-state index contributed by atoms with van der Waals surface area (Å²) < 4.78 is 211. The molecule has 1 amide bonds. The van der Waals surface area contributed by atoms with Crippen molar-refractivity contribution >= 4 is 145 Å². The van der Waals surface area contributed by atoms with Crippen molar-refractivity contribution in [3.05, 3.63) is 250 Å². The number of carbonyl (C=O) groups excluding carboxylic acids is 4. The van der Waals surface area contributed by atoms with Gasteiger partial charge in [0.2, 0.25) is 10.0 Å². The van der Waals surface area contributed by atoms with Crippen LogP contribution in [0, 0.1) is 23.0 Å². The van der Waals surface area contributed by atoms with Crippen molar-refractivity contribution in [1.29, 1.82) is 0 Å². The van der Waals surface area contributed by atoms with Crippen molar-refractivity contribution in [2.45, 2.75) is 124 Å². The molecule has 3 aromatic heterocycles. The zero-order chi connectivity index (χ0) is 101. The van der Waals surface area contributed by atoms with Gasteiger partial charge >= 0.3 is 49.7 Å². The van der Waals surface area contributed by atoms with Gasteiger partial charge in [0.1, 0.15) is 55.0 Å². The molecule has 5 aliphatic rings. The minimum absolute atomic E-state index is 0. The summed E-state index contributed by atoms with van der Waals surface area (Å²) in [6, 6.07) is 27.1. The summed E-state index contributed by atoms with van der Waals surface area (Å²) in [6.07, 6.45) is 10.4. The van der Waals surface area contributed by atoms with Crippen molar-refractivity contribution in [3.8, 4) is 34.5 Å². The van der Waals surface area contributed by atoms with E-state index in [2.05, 4.69) is 34.2 Å². The number of nitrogens with one attached hydrogen (secondary N) is 4. The minimum atomic E-state index is -4.20. The molecule has 3 atom stereocenters. The zero-order valence-corrected chi connectivity index (χ0v) is 81.7. The lowest BCUT2D eigenvalue weighted by Gasteiger charge is -2.26. The van der Waals surface area contributed by atoms with Crippen LogP contribution < -0.4 is 58.9 Å². The number of pyridine rings is 3. The Hall–Kier alpha value is -10.6. The van der Waals surface area contributed by atoms with Gasteiger partial charge in [0.25, 0.3) is 15.0 Å². The molecule has 9 aromatic rings.